The first-order valence-corrected chi connectivity index (χ1v) is 10.5. The molecule has 2 atom stereocenters. The van der Waals surface area contributed by atoms with Gasteiger partial charge in [0.25, 0.3) is 0 Å². The highest BCUT2D eigenvalue weighted by Gasteiger charge is 2.31. The lowest BCUT2D eigenvalue weighted by Crippen LogP contribution is -2.42. The topological polar surface area (TPSA) is 75.7 Å². The molecule has 2 aromatic carbocycles. The van der Waals surface area contributed by atoms with Gasteiger partial charge in [0, 0.05) is 7.05 Å². The van der Waals surface area contributed by atoms with E-state index in [2.05, 4.69) is 5.32 Å². The summed E-state index contributed by atoms with van der Waals surface area (Å²) < 4.78 is 30.4. The number of carbonyl (C=O) groups excluding carboxylic acids is 1. The van der Waals surface area contributed by atoms with Gasteiger partial charge in [0.15, 0.2) is 0 Å². The van der Waals surface area contributed by atoms with Crippen LogP contribution < -0.4 is 10.1 Å². The lowest BCUT2D eigenvalue weighted by Gasteiger charge is -2.28. The quantitative estimate of drug-likeness (QED) is 0.752. The van der Waals surface area contributed by atoms with Gasteiger partial charge < -0.3 is 10.1 Å². The van der Waals surface area contributed by atoms with Gasteiger partial charge in [-0.1, -0.05) is 49.4 Å². The van der Waals surface area contributed by atoms with Crippen LogP contribution in [0, 0.1) is 0 Å². The smallest absolute Gasteiger partial charge is 0.243 e. The van der Waals surface area contributed by atoms with E-state index in [4.69, 9.17) is 4.74 Å². The van der Waals surface area contributed by atoms with Gasteiger partial charge >= 0.3 is 0 Å². The van der Waals surface area contributed by atoms with Gasteiger partial charge in [0.1, 0.15) is 11.8 Å². The fourth-order valence-electron chi connectivity index (χ4n) is 2.86. The lowest BCUT2D eigenvalue weighted by atomic mass is 10.0. The molecule has 0 spiro atoms. The summed E-state index contributed by atoms with van der Waals surface area (Å²) in [5.41, 5.74) is 1.55. The van der Waals surface area contributed by atoms with E-state index in [-0.39, 0.29) is 11.9 Å². The number of benzene rings is 2. The second-order valence-electron chi connectivity index (χ2n) is 6.34. The van der Waals surface area contributed by atoms with Crippen LogP contribution in [0.2, 0.25) is 0 Å². The Hall–Kier alpha value is -2.38. The first kappa shape index (κ1) is 20.9. The number of carbonyl (C=O) groups is 1. The number of sulfonamides is 1. The second kappa shape index (κ2) is 9.01. The molecule has 0 bridgehead atoms. The van der Waals surface area contributed by atoms with E-state index in [1.807, 2.05) is 37.3 Å². The van der Waals surface area contributed by atoms with Crippen LogP contribution in [0.4, 0.5) is 0 Å². The van der Waals surface area contributed by atoms with Crippen molar-refractivity contribution in [1.29, 1.82) is 0 Å². The molecule has 0 aliphatic carbocycles. The summed E-state index contributed by atoms with van der Waals surface area (Å²) in [6, 6.07) is 15.2. The van der Waals surface area contributed by atoms with E-state index in [0.29, 0.717) is 12.0 Å². The Morgan fingerprint density at radius 1 is 1.07 bits per heavy atom. The van der Waals surface area contributed by atoms with E-state index >= 15 is 0 Å². The summed E-state index contributed by atoms with van der Waals surface area (Å²) in [5, 5.41) is 2.99. The van der Waals surface area contributed by atoms with Gasteiger partial charge in [-0.3, -0.25) is 4.79 Å². The highest BCUT2D eigenvalue weighted by atomic mass is 32.2. The molecule has 1 N–H and O–H groups in total. The van der Waals surface area contributed by atoms with Crippen molar-refractivity contribution in [2.75, 3.05) is 20.4 Å². The minimum atomic E-state index is -3.56. The van der Waals surface area contributed by atoms with E-state index in [0.717, 1.165) is 21.9 Å². The Bertz CT molecular complexity index is 851. The number of rotatable bonds is 8. The molecule has 0 heterocycles. The fourth-order valence-corrected chi connectivity index (χ4v) is 3.46. The Morgan fingerprint density at radius 2 is 1.67 bits per heavy atom. The average molecular weight is 391 g/mol. The summed E-state index contributed by atoms with van der Waals surface area (Å²) in [5.74, 6) is 0.371. The summed E-state index contributed by atoms with van der Waals surface area (Å²) in [6.07, 6.45) is 1.76. The van der Waals surface area contributed by atoms with E-state index in [1.165, 1.54) is 7.05 Å². The van der Waals surface area contributed by atoms with Crippen molar-refractivity contribution in [3.8, 4) is 5.75 Å². The predicted octanol–water partition coefficient (Wildman–Crippen LogP) is 2.90. The van der Waals surface area contributed by atoms with Crippen molar-refractivity contribution in [1.82, 2.24) is 9.62 Å². The molecule has 0 saturated carbocycles. The van der Waals surface area contributed by atoms with Gasteiger partial charge in [-0.05, 0) is 29.7 Å². The molecule has 6 nitrogen and oxygen atoms in total. The van der Waals surface area contributed by atoms with Crippen molar-refractivity contribution >= 4 is 15.9 Å². The maximum absolute atomic E-state index is 13.1. The third-order valence-electron chi connectivity index (χ3n) is 4.49. The van der Waals surface area contributed by atoms with Gasteiger partial charge in [-0.15, -0.1) is 0 Å². The van der Waals surface area contributed by atoms with Crippen molar-refractivity contribution in [3.05, 3.63) is 65.7 Å². The number of methoxy groups -OCH3 is 1. The minimum absolute atomic E-state index is 0.234. The first-order chi connectivity index (χ1) is 12.8. The van der Waals surface area contributed by atoms with Crippen molar-refractivity contribution in [2.24, 2.45) is 0 Å². The molecule has 0 fully saturated rings. The Morgan fingerprint density at radius 3 is 2.15 bits per heavy atom. The fraction of sp³-hybridized carbons (Fsp3) is 0.350. The minimum Gasteiger partial charge on any atom is -0.497 e. The number of ether oxygens (including phenoxy) is 1. The number of nitrogens with one attached hydrogen (secondary N) is 1. The third-order valence-corrected chi connectivity index (χ3v) is 5.75. The maximum Gasteiger partial charge on any atom is 0.243 e. The summed E-state index contributed by atoms with van der Waals surface area (Å²) in [4.78, 5) is 13.1. The highest BCUT2D eigenvalue weighted by molar-refractivity contribution is 7.88. The molecular formula is C20H26N2O4S. The number of likely N-dealkylation sites (N-methyl/N-ethyl adjacent to an activating group) is 1. The number of nitrogens with zero attached hydrogens (tertiary/aromatic N) is 1. The van der Waals surface area contributed by atoms with Gasteiger partial charge in [-0.2, -0.15) is 4.31 Å². The van der Waals surface area contributed by atoms with E-state index in [9.17, 15) is 13.2 Å². The Labute approximate surface area is 161 Å². The zero-order chi connectivity index (χ0) is 20.0. The summed E-state index contributed by atoms with van der Waals surface area (Å²) in [6.45, 7) is 1.97. The third kappa shape index (κ3) is 5.30. The van der Waals surface area contributed by atoms with Crippen LogP contribution in [0.3, 0.4) is 0 Å². The largest absolute Gasteiger partial charge is 0.497 e. The molecular weight excluding hydrogens is 364 g/mol. The number of amides is 1. The molecule has 0 aromatic heterocycles. The van der Waals surface area contributed by atoms with Crippen LogP contribution >= 0.6 is 0 Å². The molecule has 0 saturated heterocycles. The van der Waals surface area contributed by atoms with Crippen molar-refractivity contribution in [3.63, 3.8) is 0 Å². The van der Waals surface area contributed by atoms with Gasteiger partial charge in [0.2, 0.25) is 15.9 Å². The molecule has 2 aromatic rings. The summed E-state index contributed by atoms with van der Waals surface area (Å²) in [7, 11) is -0.541. The molecule has 2 rings (SSSR count). The molecule has 1 amide bonds. The van der Waals surface area contributed by atoms with E-state index in [1.54, 1.807) is 31.4 Å². The normalized spacial score (nSPS) is 13.8. The Kier molecular flexibility index (Phi) is 6.98. The summed E-state index contributed by atoms with van der Waals surface area (Å²) >= 11 is 0. The SMILES string of the molecule is CC[C@H](NC(=O)[C@H](c1ccccc1)N(C)S(C)(=O)=O)c1ccc(OC)cc1. The first-order valence-electron chi connectivity index (χ1n) is 8.70. The number of hydrogen-bond donors (Lipinski definition) is 1. The molecule has 146 valence electrons. The average Bonchev–Trinajstić information content (AvgIpc) is 2.66. The highest BCUT2D eigenvalue weighted by Crippen LogP contribution is 2.25. The van der Waals surface area contributed by atoms with E-state index < -0.39 is 16.1 Å². The zero-order valence-electron chi connectivity index (χ0n) is 16.0. The second-order valence-corrected chi connectivity index (χ2v) is 8.38. The molecule has 7 heteroatoms. The van der Waals surface area contributed by atoms with Crippen LogP contribution in [0.15, 0.2) is 54.6 Å². The van der Waals surface area contributed by atoms with Gasteiger partial charge in [-0.25, -0.2) is 8.42 Å². The maximum atomic E-state index is 13.1. The van der Waals surface area contributed by atoms with Gasteiger partial charge in [0.05, 0.1) is 19.4 Å². The predicted molar refractivity (Wildman–Crippen MR) is 106 cm³/mol. The number of hydrogen-bond acceptors (Lipinski definition) is 4. The van der Waals surface area contributed by atoms with Crippen LogP contribution in [0.1, 0.15) is 36.6 Å². The standard InChI is InChI=1S/C20H26N2O4S/c1-5-18(15-11-13-17(26-3)14-12-15)21-20(23)19(22(2)27(4,24)25)16-9-7-6-8-10-16/h6-14,18-19H,5H2,1-4H3,(H,21,23)/t18-,19-/m0/s1. The molecule has 0 aliphatic rings. The van der Waals surface area contributed by atoms with Crippen LogP contribution in [0.5, 0.6) is 5.75 Å². The van der Waals surface area contributed by atoms with Crippen molar-refractivity contribution < 1.29 is 17.9 Å². The zero-order valence-corrected chi connectivity index (χ0v) is 16.9. The molecule has 0 unspecified atom stereocenters. The molecule has 0 radical (unpaired) electrons. The van der Waals surface area contributed by atoms with Crippen molar-refractivity contribution in [2.45, 2.75) is 25.4 Å². The van der Waals surface area contributed by atoms with Crippen LogP contribution in [-0.4, -0.2) is 39.0 Å². The monoisotopic (exact) mass is 390 g/mol. The molecule has 0 aliphatic heterocycles. The van der Waals surface area contributed by atoms with Crippen LogP contribution in [-0.2, 0) is 14.8 Å². The molecule has 27 heavy (non-hydrogen) atoms. The van der Waals surface area contributed by atoms with Crippen LogP contribution in [0.25, 0.3) is 0 Å². The Balaban J connectivity index is 2.30. The lowest BCUT2D eigenvalue weighted by molar-refractivity contribution is -0.125.